The monoisotopic (exact) mass is 291 g/mol. The average molecular weight is 291 g/mol. The van der Waals surface area contributed by atoms with E-state index in [1.165, 1.54) is 5.56 Å². The maximum absolute atomic E-state index is 4.83. The van der Waals surface area contributed by atoms with E-state index in [1.807, 2.05) is 0 Å². The Kier molecular flexibility index (Phi) is 7.16. The second-order valence-electron chi connectivity index (χ2n) is 7.08. The molecule has 0 amide bonds. The SMILES string of the molecule is Cc1nc(N(CC(C)C)C(C)C)ccc1CNCC(C)C. The van der Waals surface area contributed by atoms with Crippen LogP contribution < -0.4 is 10.2 Å². The molecule has 0 unspecified atom stereocenters. The van der Waals surface area contributed by atoms with Crippen LogP contribution in [-0.4, -0.2) is 24.1 Å². The van der Waals surface area contributed by atoms with Gasteiger partial charge in [0.05, 0.1) is 0 Å². The van der Waals surface area contributed by atoms with Gasteiger partial charge in [0, 0.05) is 24.8 Å². The Morgan fingerprint density at radius 2 is 1.71 bits per heavy atom. The van der Waals surface area contributed by atoms with Crippen LogP contribution in [0.2, 0.25) is 0 Å². The third-order valence-corrected chi connectivity index (χ3v) is 3.53. The first kappa shape index (κ1) is 18.0. The number of nitrogens with zero attached hydrogens (tertiary/aromatic N) is 2. The van der Waals surface area contributed by atoms with E-state index in [0.29, 0.717) is 17.9 Å². The van der Waals surface area contributed by atoms with Crippen LogP contribution in [0.4, 0.5) is 5.82 Å². The first-order chi connectivity index (χ1) is 9.81. The van der Waals surface area contributed by atoms with Gasteiger partial charge in [0.25, 0.3) is 0 Å². The molecule has 0 fully saturated rings. The molecule has 3 nitrogen and oxygen atoms in total. The maximum atomic E-state index is 4.83. The minimum absolute atomic E-state index is 0.476. The number of hydrogen-bond donors (Lipinski definition) is 1. The van der Waals surface area contributed by atoms with Crippen LogP contribution in [0.3, 0.4) is 0 Å². The summed E-state index contributed by atoms with van der Waals surface area (Å²) in [5, 5.41) is 3.49. The van der Waals surface area contributed by atoms with Gasteiger partial charge in [0.1, 0.15) is 5.82 Å². The Bertz CT molecular complexity index is 424. The Balaban J connectivity index is 2.79. The zero-order valence-electron chi connectivity index (χ0n) is 14.9. The van der Waals surface area contributed by atoms with Crippen molar-refractivity contribution in [3.05, 3.63) is 23.4 Å². The number of aromatic nitrogens is 1. The summed E-state index contributed by atoms with van der Waals surface area (Å²) in [5.74, 6) is 2.42. The predicted molar refractivity (Wildman–Crippen MR) is 92.8 cm³/mol. The van der Waals surface area contributed by atoms with E-state index >= 15 is 0 Å². The number of aryl methyl sites for hydroxylation is 1. The molecule has 1 aromatic rings. The van der Waals surface area contributed by atoms with Crippen LogP contribution in [0, 0.1) is 18.8 Å². The van der Waals surface area contributed by atoms with E-state index < -0.39 is 0 Å². The van der Waals surface area contributed by atoms with Crippen molar-refractivity contribution < 1.29 is 0 Å². The first-order valence-electron chi connectivity index (χ1n) is 8.25. The van der Waals surface area contributed by atoms with Gasteiger partial charge in [-0.15, -0.1) is 0 Å². The van der Waals surface area contributed by atoms with Gasteiger partial charge in [-0.1, -0.05) is 33.8 Å². The number of anilines is 1. The van der Waals surface area contributed by atoms with Crippen LogP contribution in [-0.2, 0) is 6.54 Å². The molecule has 0 atom stereocenters. The predicted octanol–water partition coefficient (Wildman–Crippen LogP) is 4.01. The lowest BCUT2D eigenvalue weighted by Gasteiger charge is -2.30. The number of nitrogens with one attached hydrogen (secondary N) is 1. The zero-order valence-corrected chi connectivity index (χ0v) is 14.9. The average Bonchev–Trinajstić information content (AvgIpc) is 2.37. The molecule has 1 rings (SSSR count). The molecule has 0 aliphatic heterocycles. The standard InChI is InChI=1S/C18H33N3/c1-13(2)10-19-11-17-8-9-18(20-16(17)7)21(15(5)6)12-14(3)4/h8-9,13-15,19H,10-12H2,1-7H3. The third kappa shape index (κ3) is 6.04. The van der Waals surface area contributed by atoms with Crippen molar-refractivity contribution in [2.45, 2.75) is 61.1 Å². The molecular formula is C18H33N3. The van der Waals surface area contributed by atoms with E-state index in [0.717, 1.165) is 31.1 Å². The summed E-state index contributed by atoms with van der Waals surface area (Å²) in [5.41, 5.74) is 2.44. The molecule has 21 heavy (non-hydrogen) atoms. The molecule has 1 N–H and O–H groups in total. The molecule has 1 heterocycles. The van der Waals surface area contributed by atoms with Crippen molar-refractivity contribution >= 4 is 5.82 Å². The van der Waals surface area contributed by atoms with Crippen molar-refractivity contribution in [1.82, 2.24) is 10.3 Å². The van der Waals surface area contributed by atoms with Gasteiger partial charge in [0.15, 0.2) is 0 Å². The molecule has 0 saturated heterocycles. The molecule has 0 aromatic carbocycles. The van der Waals surface area contributed by atoms with E-state index in [1.54, 1.807) is 0 Å². The van der Waals surface area contributed by atoms with E-state index in [4.69, 9.17) is 4.98 Å². The molecule has 0 aliphatic carbocycles. The van der Waals surface area contributed by atoms with Gasteiger partial charge in [-0.05, 0) is 50.8 Å². The van der Waals surface area contributed by atoms with E-state index in [-0.39, 0.29) is 0 Å². The van der Waals surface area contributed by atoms with Crippen LogP contribution in [0.5, 0.6) is 0 Å². The number of pyridine rings is 1. The minimum atomic E-state index is 0.476. The molecule has 0 spiro atoms. The summed E-state index contributed by atoms with van der Waals surface area (Å²) in [6.07, 6.45) is 0. The van der Waals surface area contributed by atoms with Crippen LogP contribution in [0.1, 0.15) is 52.8 Å². The maximum Gasteiger partial charge on any atom is 0.129 e. The second kappa shape index (κ2) is 8.38. The quantitative estimate of drug-likeness (QED) is 0.784. The normalized spacial score (nSPS) is 11.7. The molecular weight excluding hydrogens is 258 g/mol. The van der Waals surface area contributed by atoms with Crippen molar-refractivity contribution in [1.29, 1.82) is 0 Å². The Morgan fingerprint density at radius 1 is 1.05 bits per heavy atom. The van der Waals surface area contributed by atoms with E-state index in [9.17, 15) is 0 Å². The first-order valence-corrected chi connectivity index (χ1v) is 8.25. The second-order valence-corrected chi connectivity index (χ2v) is 7.08. The fourth-order valence-electron chi connectivity index (χ4n) is 2.38. The number of rotatable bonds is 8. The van der Waals surface area contributed by atoms with Crippen LogP contribution in [0.15, 0.2) is 12.1 Å². The van der Waals surface area contributed by atoms with Gasteiger partial charge in [-0.2, -0.15) is 0 Å². The molecule has 3 heteroatoms. The highest BCUT2D eigenvalue weighted by molar-refractivity contribution is 5.42. The Morgan fingerprint density at radius 3 is 2.19 bits per heavy atom. The van der Waals surface area contributed by atoms with Gasteiger partial charge >= 0.3 is 0 Å². The summed E-state index contributed by atoms with van der Waals surface area (Å²) in [6, 6.07) is 4.87. The highest BCUT2D eigenvalue weighted by Crippen LogP contribution is 2.18. The Labute approximate surface area is 131 Å². The largest absolute Gasteiger partial charge is 0.354 e. The fourth-order valence-corrected chi connectivity index (χ4v) is 2.38. The van der Waals surface area contributed by atoms with Gasteiger partial charge in [-0.25, -0.2) is 4.98 Å². The van der Waals surface area contributed by atoms with Crippen LogP contribution >= 0.6 is 0 Å². The van der Waals surface area contributed by atoms with Crippen molar-refractivity contribution in [3.8, 4) is 0 Å². The highest BCUT2D eigenvalue weighted by Gasteiger charge is 2.14. The molecule has 0 saturated carbocycles. The highest BCUT2D eigenvalue weighted by atomic mass is 15.2. The van der Waals surface area contributed by atoms with Crippen molar-refractivity contribution in [2.75, 3.05) is 18.0 Å². The fraction of sp³-hybridized carbons (Fsp3) is 0.722. The molecule has 1 aromatic heterocycles. The molecule has 120 valence electrons. The van der Waals surface area contributed by atoms with E-state index in [2.05, 4.69) is 70.8 Å². The number of hydrogen-bond acceptors (Lipinski definition) is 3. The lowest BCUT2D eigenvalue weighted by molar-refractivity contribution is 0.549. The lowest BCUT2D eigenvalue weighted by Crippen LogP contribution is -2.35. The van der Waals surface area contributed by atoms with Gasteiger partial charge < -0.3 is 10.2 Å². The minimum Gasteiger partial charge on any atom is -0.354 e. The van der Waals surface area contributed by atoms with Gasteiger partial charge in [-0.3, -0.25) is 0 Å². The van der Waals surface area contributed by atoms with Gasteiger partial charge in [0.2, 0.25) is 0 Å². The molecule has 0 bridgehead atoms. The summed E-state index contributed by atoms with van der Waals surface area (Å²) in [4.78, 5) is 7.22. The van der Waals surface area contributed by atoms with Crippen molar-refractivity contribution in [2.24, 2.45) is 11.8 Å². The molecule has 0 aliphatic rings. The third-order valence-electron chi connectivity index (χ3n) is 3.53. The van der Waals surface area contributed by atoms with Crippen molar-refractivity contribution in [3.63, 3.8) is 0 Å². The topological polar surface area (TPSA) is 28.2 Å². The Hall–Kier alpha value is -1.09. The summed E-state index contributed by atoms with van der Waals surface area (Å²) >= 11 is 0. The summed E-state index contributed by atoms with van der Waals surface area (Å²) < 4.78 is 0. The summed E-state index contributed by atoms with van der Waals surface area (Å²) in [6.45, 7) is 18.6. The molecule has 0 radical (unpaired) electrons. The zero-order chi connectivity index (χ0) is 16.0. The lowest BCUT2D eigenvalue weighted by atomic mass is 10.1. The summed E-state index contributed by atoms with van der Waals surface area (Å²) in [7, 11) is 0. The van der Waals surface area contributed by atoms with Crippen LogP contribution in [0.25, 0.3) is 0 Å². The smallest absolute Gasteiger partial charge is 0.129 e.